The lowest BCUT2D eigenvalue weighted by Gasteiger charge is -2.32. The van der Waals surface area contributed by atoms with Crippen LogP contribution in [0.2, 0.25) is 0 Å². The van der Waals surface area contributed by atoms with Crippen LogP contribution in [-0.2, 0) is 9.53 Å². The van der Waals surface area contributed by atoms with Crippen LogP contribution in [0.1, 0.15) is 11.7 Å². The summed E-state index contributed by atoms with van der Waals surface area (Å²) in [6, 6.07) is 14.1. The maximum atomic E-state index is 11.8. The normalized spacial score (nSPS) is 17.4. The first kappa shape index (κ1) is 16.4. The third kappa shape index (κ3) is 3.07. The highest BCUT2D eigenvalue weighted by Crippen LogP contribution is 2.28. The molecule has 1 saturated heterocycles. The van der Waals surface area contributed by atoms with Gasteiger partial charge in [-0.15, -0.1) is 0 Å². The van der Waals surface area contributed by atoms with Crippen LogP contribution in [0.5, 0.6) is 0 Å². The van der Waals surface area contributed by atoms with Crippen molar-refractivity contribution in [3.8, 4) is 11.1 Å². The zero-order valence-electron chi connectivity index (χ0n) is 14.2. The zero-order valence-corrected chi connectivity index (χ0v) is 14.2. The van der Waals surface area contributed by atoms with E-state index in [2.05, 4.69) is 11.6 Å². The van der Waals surface area contributed by atoms with Gasteiger partial charge in [-0.25, -0.2) is 0 Å². The predicted molar refractivity (Wildman–Crippen MR) is 99.3 cm³/mol. The Morgan fingerprint density at radius 3 is 2.77 bits per heavy atom. The fourth-order valence-electron chi connectivity index (χ4n) is 3.20. The number of hydrogen-bond acceptors (Lipinski definition) is 5. The highest BCUT2D eigenvalue weighted by atomic mass is 16.5. The Bertz CT molecular complexity index is 962. The quantitative estimate of drug-likeness (QED) is 0.735. The van der Waals surface area contributed by atoms with Gasteiger partial charge in [-0.2, -0.15) is 4.98 Å². The number of benzene rings is 2. The van der Waals surface area contributed by atoms with E-state index in [1.54, 1.807) is 4.90 Å². The topological polar surface area (TPSA) is 81.6 Å². The molecule has 3 aromatic rings. The Morgan fingerprint density at radius 2 is 2.00 bits per heavy atom. The zero-order chi connectivity index (χ0) is 18.1. The Balaban J connectivity index is 1.55. The summed E-state index contributed by atoms with van der Waals surface area (Å²) >= 11 is 0. The van der Waals surface area contributed by atoms with Gasteiger partial charge in [0, 0.05) is 6.54 Å². The molecular formula is C20H19N3O3. The van der Waals surface area contributed by atoms with Crippen molar-refractivity contribution in [2.45, 2.75) is 6.10 Å². The number of amides is 1. The van der Waals surface area contributed by atoms with E-state index >= 15 is 0 Å². The molecule has 0 aliphatic carbocycles. The van der Waals surface area contributed by atoms with Gasteiger partial charge < -0.3 is 19.8 Å². The predicted octanol–water partition coefficient (Wildman–Crippen LogP) is 3.16. The Hall–Kier alpha value is -3.12. The summed E-state index contributed by atoms with van der Waals surface area (Å²) in [6.45, 7) is 5.21. The fourth-order valence-corrected chi connectivity index (χ4v) is 3.20. The van der Waals surface area contributed by atoms with Gasteiger partial charge in [0.05, 0.1) is 13.2 Å². The van der Waals surface area contributed by atoms with E-state index in [0.717, 1.165) is 22.2 Å². The molecule has 0 saturated carbocycles. The number of anilines is 1. The molecule has 0 unspecified atom stereocenters. The maximum Gasteiger partial charge on any atom is 0.292 e. The van der Waals surface area contributed by atoms with Crippen LogP contribution in [0.15, 0.2) is 59.5 Å². The molecule has 2 heterocycles. The summed E-state index contributed by atoms with van der Waals surface area (Å²) in [4.78, 5) is 17.8. The number of rotatable bonds is 3. The van der Waals surface area contributed by atoms with Crippen LogP contribution in [0.25, 0.3) is 22.2 Å². The summed E-state index contributed by atoms with van der Waals surface area (Å²) in [7, 11) is 0. The summed E-state index contributed by atoms with van der Waals surface area (Å²) in [5.41, 5.74) is 10.1. The second-order valence-electron chi connectivity index (χ2n) is 6.20. The fraction of sp³-hybridized carbons (Fsp3) is 0.200. The third-order valence-electron chi connectivity index (χ3n) is 4.57. The Kier molecular flexibility index (Phi) is 4.18. The first-order valence-electron chi connectivity index (χ1n) is 8.43. The van der Waals surface area contributed by atoms with Crippen molar-refractivity contribution in [3.63, 3.8) is 0 Å². The number of nitrogens with two attached hydrogens (primary N) is 1. The number of aromatic nitrogens is 1. The van der Waals surface area contributed by atoms with E-state index < -0.39 is 0 Å². The van der Waals surface area contributed by atoms with Crippen LogP contribution in [0, 0.1) is 0 Å². The number of hydrogen-bond donors (Lipinski definition) is 1. The Morgan fingerprint density at radius 1 is 1.23 bits per heavy atom. The number of nitrogen functional groups attached to an aromatic ring is 1. The number of oxazole rings is 1. The molecule has 1 aliphatic rings. The number of nitrogens with zero attached hydrogens (tertiary/aromatic N) is 2. The maximum absolute atomic E-state index is 11.8. The van der Waals surface area contributed by atoms with Crippen LogP contribution >= 0.6 is 0 Å². The van der Waals surface area contributed by atoms with Crippen molar-refractivity contribution < 1.29 is 13.9 Å². The second-order valence-corrected chi connectivity index (χ2v) is 6.20. The van der Waals surface area contributed by atoms with Gasteiger partial charge in [0.25, 0.3) is 6.01 Å². The summed E-state index contributed by atoms with van der Waals surface area (Å²) in [5, 5.41) is 0. The average molecular weight is 349 g/mol. The molecule has 6 heteroatoms. The average Bonchev–Trinajstić information content (AvgIpc) is 3.06. The molecule has 6 nitrogen and oxygen atoms in total. The van der Waals surface area contributed by atoms with Crippen LogP contribution in [-0.4, -0.2) is 35.5 Å². The summed E-state index contributed by atoms with van der Waals surface area (Å²) in [5.74, 6) is -0.0601. The van der Waals surface area contributed by atoms with Gasteiger partial charge >= 0.3 is 0 Å². The number of fused-ring (bicyclic) bond motifs is 1. The first-order chi connectivity index (χ1) is 12.6. The second kappa shape index (κ2) is 6.65. The molecular weight excluding hydrogens is 330 g/mol. The van der Waals surface area contributed by atoms with Gasteiger partial charge in [0.2, 0.25) is 5.91 Å². The van der Waals surface area contributed by atoms with E-state index in [1.165, 1.54) is 6.08 Å². The molecule has 1 atom stereocenters. The smallest absolute Gasteiger partial charge is 0.292 e. The lowest BCUT2D eigenvalue weighted by molar-refractivity contribution is -0.133. The first-order valence-corrected chi connectivity index (χ1v) is 8.43. The van der Waals surface area contributed by atoms with Gasteiger partial charge in [0.1, 0.15) is 11.6 Å². The molecule has 1 amide bonds. The minimum Gasteiger partial charge on any atom is -0.424 e. The highest BCUT2D eigenvalue weighted by molar-refractivity contribution is 5.87. The van der Waals surface area contributed by atoms with E-state index in [0.29, 0.717) is 25.3 Å². The molecule has 132 valence electrons. The lowest BCUT2D eigenvalue weighted by atomic mass is 10.0. The van der Waals surface area contributed by atoms with Gasteiger partial charge in [-0.05, 0) is 34.9 Å². The van der Waals surface area contributed by atoms with E-state index in [4.69, 9.17) is 14.9 Å². The third-order valence-corrected chi connectivity index (χ3v) is 4.57. The monoisotopic (exact) mass is 349 g/mol. The van der Waals surface area contributed by atoms with Crippen molar-refractivity contribution >= 4 is 23.0 Å². The standard InChI is InChI=1S/C20H19N3O3/c1-2-19(24)23-9-10-25-18(12-23)14-5-3-13(4-6-14)15-7-8-17-16(11-15)22-20(21)26-17/h2-8,11,18H,1,9-10,12H2,(H2,21,22)/t18-/m0/s1. The molecule has 0 radical (unpaired) electrons. The molecule has 26 heavy (non-hydrogen) atoms. The lowest BCUT2D eigenvalue weighted by Crippen LogP contribution is -2.41. The van der Waals surface area contributed by atoms with Crippen molar-refractivity contribution in [2.75, 3.05) is 25.4 Å². The number of carbonyl (C=O) groups excluding carboxylic acids is 1. The SMILES string of the molecule is C=CC(=O)N1CCO[C@H](c2ccc(-c3ccc4oc(N)nc4c3)cc2)C1. The van der Waals surface area contributed by atoms with E-state index in [1.807, 2.05) is 42.5 Å². The van der Waals surface area contributed by atoms with Crippen LogP contribution in [0.3, 0.4) is 0 Å². The van der Waals surface area contributed by atoms with Gasteiger partial charge in [-0.1, -0.05) is 36.9 Å². The van der Waals surface area contributed by atoms with Crippen molar-refractivity contribution in [1.82, 2.24) is 9.88 Å². The van der Waals surface area contributed by atoms with Gasteiger partial charge in [-0.3, -0.25) is 4.79 Å². The van der Waals surface area contributed by atoms with Crippen molar-refractivity contribution in [2.24, 2.45) is 0 Å². The van der Waals surface area contributed by atoms with Crippen LogP contribution in [0.4, 0.5) is 6.01 Å². The molecule has 0 bridgehead atoms. The minimum absolute atomic E-state index is 0.0601. The number of carbonyl (C=O) groups is 1. The molecule has 2 N–H and O–H groups in total. The van der Waals surface area contributed by atoms with E-state index in [-0.39, 0.29) is 18.0 Å². The minimum atomic E-state index is -0.125. The number of ether oxygens (including phenoxy) is 1. The summed E-state index contributed by atoms with van der Waals surface area (Å²) < 4.78 is 11.1. The van der Waals surface area contributed by atoms with Crippen LogP contribution < -0.4 is 5.73 Å². The number of morpholine rings is 1. The molecule has 0 spiro atoms. The molecule has 1 aromatic heterocycles. The Labute approximate surface area is 150 Å². The van der Waals surface area contributed by atoms with Gasteiger partial charge in [0.15, 0.2) is 5.58 Å². The van der Waals surface area contributed by atoms with Crippen molar-refractivity contribution in [1.29, 1.82) is 0 Å². The summed E-state index contributed by atoms with van der Waals surface area (Å²) in [6.07, 6.45) is 1.22. The molecule has 1 aliphatic heterocycles. The molecule has 2 aromatic carbocycles. The van der Waals surface area contributed by atoms with E-state index in [9.17, 15) is 4.79 Å². The largest absolute Gasteiger partial charge is 0.424 e. The van der Waals surface area contributed by atoms with Crippen molar-refractivity contribution in [3.05, 3.63) is 60.7 Å². The molecule has 1 fully saturated rings. The molecule has 4 rings (SSSR count). The highest BCUT2D eigenvalue weighted by Gasteiger charge is 2.24.